The Hall–Kier alpha value is -2.42. The molecule has 194 valence electrons. The van der Waals surface area contributed by atoms with E-state index in [2.05, 4.69) is 43.4 Å². The minimum atomic E-state index is -0.906. The van der Waals surface area contributed by atoms with E-state index in [0.717, 1.165) is 37.5 Å². The summed E-state index contributed by atoms with van der Waals surface area (Å²) in [7, 11) is 0. The number of hydrogen-bond acceptors (Lipinski definition) is 1. The van der Waals surface area contributed by atoms with E-state index in [-0.39, 0.29) is 11.3 Å². The monoisotopic (exact) mass is 492 g/mol. The molecule has 0 saturated heterocycles. The smallest absolute Gasteiger partial charge is 0.201 e. The third-order valence-electron chi connectivity index (χ3n) is 8.07. The highest BCUT2D eigenvalue weighted by Crippen LogP contribution is 2.36. The van der Waals surface area contributed by atoms with Crippen LogP contribution in [0.3, 0.4) is 0 Å². The van der Waals surface area contributed by atoms with Crippen molar-refractivity contribution in [2.75, 3.05) is 6.61 Å². The summed E-state index contributed by atoms with van der Waals surface area (Å²) in [4.78, 5) is 0. The Balaban J connectivity index is 1.33. The van der Waals surface area contributed by atoms with Gasteiger partial charge in [0.1, 0.15) is 0 Å². The molecule has 4 rings (SSSR count). The zero-order chi connectivity index (χ0) is 25.3. The number of allylic oxidation sites excluding steroid dienone is 4. The van der Waals surface area contributed by atoms with Gasteiger partial charge in [-0.15, -0.1) is 0 Å². The standard InChI is InChI=1S/C33H42F2O/c1-3-5-23-36-31-22-21-30(32(34)33(31)35)29-19-17-28(18-20-29)27-15-13-26(14-16-27)12-11-25-9-7-24(6-4-2)8-10-25/h11-13,15,17-22,24-27H,3-10,14,16,23H2,1-2H3/b12-11+. The molecule has 2 aromatic rings. The Bertz CT molecular complexity index is 1010. The van der Waals surface area contributed by atoms with E-state index in [9.17, 15) is 8.78 Å². The molecule has 0 aromatic heterocycles. The fourth-order valence-corrected chi connectivity index (χ4v) is 5.76. The van der Waals surface area contributed by atoms with Crippen LogP contribution in [-0.4, -0.2) is 6.61 Å². The summed E-state index contributed by atoms with van der Waals surface area (Å²) in [6.07, 6.45) is 21.9. The molecule has 0 amide bonds. The summed E-state index contributed by atoms with van der Waals surface area (Å²) >= 11 is 0. The molecule has 0 heterocycles. The van der Waals surface area contributed by atoms with Gasteiger partial charge in [-0.05, 0) is 86.0 Å². The van der Waals surface area contributed by atoms with E-state index >= 15 is 0 Å². The van der Waals surface area contributed by atoms with Gasteiger partial charge in [0.05, 0.1) is 6.61 Å². The number of ether oxygens (including phenoxy) is 1. The van der Waals surface area contributed by atoms with Crippen LogP contribution in [0.25, 0.3) is 11.1 Å². The summed E-state index contributed by atoms with van der Waals surface area (Å²) in [5, 5.41) is 0. The molecule has 36 heavy (non-hydrogen) atoms. The van der Waals surface area contributed by atoms with E-state index in [1.54, 1.807) is 6.07 Å². The topological polar surface area (TPSA) is 9.23 Å². The maximum absolute atomic E-state index is 14.7. The lowest BCUT2D eigenvalue weighted by atomic mass is 9.79. The predicted molar refractivity (Wildman–Crippen MR) is 146 cm³/mol. The van der Waals surface area contributed by atoms with Crippen LogP contribution < -0.4 is 4.74 Å². The molecule has 2 aliphatic carbocycles. The van der Waals surface area contributed by atoms with Crippen LogP contribution in [0.2, 0.25) is 0 Å². The summed E-state index contributed by atoms with van der Waals surface area (Å²) in [5.74, 6) is 0.869. The first-order chi connectivity index (χ1) is 17.6. The molecular weight excluding hydrogens is 450 g/mol. The number of rotatable bonds is 10. The van der Waals surface area contributed by atoms with Crippen LogP contribution in [-0.2, 0) is 0 Å². The highest BCUT2D eigenvalue weighted by molar-refractivity contribution is 5.65. The van der Waals surface area contributed by atoms with Gasteiger partial charge in [0.2, 0.25) is 5.82 Å². The second kappa shape index (κ2) is 13.2. The van der Waals surface area contributed by atoms with E-state index in [1.165, 1.54) is 50.2 Å². The molecule has 0 aliphatic heterocycles. The maximum atomic E-state index is 14.7. The Morgan fingerprint density at radius 1 is 0.806 bits per heavy atom. The van der Waals surface area contributed by atoms with E-state index in [1.807, 2.05) is 19.1 Å². The van der Waals surface area contributed by atoms with E-state index in [0.29, 0.717) is 24.0 Å². The first-order valence-electron chi connectivity index (χ1n) is 14.2. The van der Waals surface area contributed by atoms with Crippen LogP contribution in [0.15, 0.2) is 60.7 Å². The van der Waals surface area contributed by atoms with Gasteiger partial charge in [0, 0.05) is 11.5 Å². The zero-order valence-corrected chi connectivity index (χ0v) is 22.0. The van der Waals surface area contributed by atoms with Gasteiger partial charge in [-0.2, -0.15) is 4.39 Å². The molecule has 1 fully saturated rings. The average Bonchev–Trinajstić information content (AvgIpc) is 2.91. The minimum absolute atomic E-state index is 0.0126. The number of unbranched alkanes of at least 4 members (excludes halogenated alkanes) is 1. The maximum Gasteiger partial charge on any atom is 0.201 e. The molecule has 0 radical (unpaired) electrons. The van der Waals surface area contributed by atoms with E-state index < -0.39 is 11.6 Å². The van der Waals surface area contributed by atoms with Crippen molar-refractivity contribution in [1.29, 1.82) is 0 Å². The van der Waals surface area contributed by atoms with Crippen molar-refractivity contribution in [2.45, 2.75) is 84.0 Å². The molecule has 0 bridgehead atoms. The molecule has 0 spiro atoms. The molecule has 2 unspecified atom stereocenters. The molecule has 1 saturated carbocycles. The van der Waals surface area contributed by atoms with Gasteiger partial charge in [-0.1, -0.05) is 81.7 Å². The lowest BCUT2D eigenvalue weighted by molar-refractivity contribution is 0.289. The molecule has 2 aliphatic rings. The van der Waals surface area contributed by atoms with Crippen LogP contribution in [0.4, 0.5) is 8.78 Å². The Morgan fingerprint density at radius 2 is 1.58 bits per heavy atom. The molecule has 2 aromatic carbocycles. The van der Waals surface area contributed by atoms with Crippen molar-refractivity contribution < 1.29 is 13.5 Å². The fraction of sp³-hybridized carbons (Fsp3) is 0.515. The zero-order valence-electron chi connectivity index (χ0n) is 22.0. The van der Waals surface area contributed by atoms with E-state index in [4.69, 9.17) is 4.74 Å². The first-order valence-corrected chi connectivity index (χ1v) is 14.2. The van der Waals surface area contributed by atoms with Gasteiger partial charge in [0.15, 0.2) is 11.6 Å². The van der Waals surface area contributed by atoms with Crippen molar-refractivity contribution in [3.8, 4) is 16.9 Å². The molecule has 0 N–H and O–H groups in total. The number of benzene rings is 2. The van der Waals surface area contributed by atoms with Crippen LogP contribution >= 0.6 is 0 Å². The van der Waals surface area contributed by atoms with Gasteiger partial charge in [-0.3, -0.25) is 0 Å². The summed E-state index contributed by atoms with van der Waals surface area (Å²) in [5.41, 5.74) is 2.19. The van der Waals surface area contributed by atoms with Crippen LogP contribution in [0.5, 0.6) is 5.75 Å². The Morgan fingerprint density at radius 3 is 2.25 bits per heavy atom. The Labute approximate surface area is 216 Å². The van der Waals surface area contributed by atoms with Gasteiger partial charge in [-0.25, -0.2) is 4.39 Å². The highest BCUT2D eigenvalue weighted by Gasteiger charge is 2.21. The number of halogens is 2. The van der Waals surface area contributed by atoms with Crippen molar-refractivity contribution in [3.63, 3.8) is 0 Å². The highest BCUT2D eigenvalue weighted by atomic mass is 19.2. The molecule has 3 heteroatoms. The largest absolute Gasteiger partial charge is 0.490 e. The normalized spacial score (nSPS) is 24.3. The van der Waals surface area contributed by atoms with Crippen LogP contribution in [0.1, 0.15) is 89.5 Å². The summed E-state index contributed by atoms with van der Waals surface area (Å²) < 4.78 is 34.6. The summed E-state index contributed by atoms with van der Waals surface area (Å²) in [6.45, 7) is 4.73. The quantitative estimate of drug-likeness (QED) is 0.237. The van der Waals surface area contributed by atoms with Crippen molar-refractivity contribution >= 4 is 0 Å². The molecular formula is C33H42F2O. The van der Waals surface area contributed by atoms with Crippen molar-refractivity contribution in [3.05, 3.63) is 77.9 Å². The summed E-state index contributed by atoms with van der Waals surface area (Å²) in [6, 6.07) is 11.1. The SMILES string of the molecule is CCCCOc1ccc(-c2ccc(C3C=CC(/C=C/C4CCC(CCC)CC4)CC3)cc2)c(F)c1F. The molecule has 1 nitrogen and oxygen atoms in total. The van der Waals surface area contributed by atoms with Gasteiger partial charge < -0.3 is 4.74 Å². The minimum Gasteiger partial charge on any atom is -0.490 e. The first kappa shape index (κ1) is 26.6. The third-order valence-corrected chi connectivity index (χ3v) is 8.07. The Kier molecular flexibility index (Phi) is 9.78. The second-order valence-corrected chi connectivity index (χ2v) is 10.8. The van der Waals surface area contributed by atoms with Crippen molar-refractivity contribution in [1.82, 2.24) is 0 Å². The van der Waals surface area contributed by atoms with Gasteiger partial charge >= 0.3 is 0 Å². The molecule has 2 atom stereocenters. The lowest BCUT2D eigenvalue weighted by Gasteiger charge is -2.27. The van der Waals surface area contributed by atoms with Crippen LogP contribution in [0, 0.1) is 29.4 Å². The second-order valence-electron chi connectivity index (χ2n) is 10.8. The fourth-order valence-electron chi connectivity index (χ4n) is 5.76. The van der Waals surface area contributed by atoms with Gasteiger partial charge in [0.25, 0.3) is 0 Å². The van der Waals surface area contributed by atoms with Crippen molar-refractivity contribution in [2.24, 2.45) is 17.8 Å². The lowest BCUT2D eigenvalue weighted by Crippen LogP contribution is -2.13. The number of hydrogen-bond donors (Lipinski definition) is 0. The third kappa shape index (κ3) is 6.87. The average molecular weight is 493 g/mol. The predicted octanol–water partition coefficient (Wildman–Crippen LogP) is 10.0.